The number of carbonyl (C=O) groups excluding carboxylic acids is 1. The van der Waals surface area contributed by atoms with Crippen molar-refractivity contribution in [1.29, 1.82) is 0 Å². The summed E-state index contributed by atoms with van der Waals surface area (Å²) in [5.41, 5.74) is 0. The maximum Gasteiger partial charge on any atom is 0.331 e. The van der Waals surface area contributed by atoms with Crippen molar-refractivity contribution in [2.75, 3.05) is 13.6 Å². The predicted molar refractivity (Wildman–Crippen MR) is 37.0 cm³/mol. The van der Waals surface area contributed by atoms with E-state index in [9.17, 15) is 4.79 Å². The molecule has 4 N–H and O–H groups in total. The zero-order chi connectivity index (χ0) is 8.15. The Balaban J connectivity index is 3.61. The molecule has 0 heterocycles. The number of carbonyl (C=O) groups is 1. The average Bonchev–Trinajstić information content (AvgIpc) is 1.85. The first-order valence-corrected chi connectivity index (χ1v) is 3.00. The van der Waals surface area contributed by atoms with Gasteiger partial charge in [-0.05, 0) is 6.92 Å². The van der Waals surface area contributed by atoms with E-state index < -0.39 is 12.1 Å². The lowest BCUT2D eigenvalue weighted by molar-refractivity contribution is 0.134. The zero-order valence-corrected chi connectivity index (χ0v) is 6.16. The summed E-state index contributed by atoms with van der Waals surface area (Å²) < 4.78 is 0. The van der Waals surface area contributed by atoms with Gasteiger partial charge in [-0.25, -0.2) is 10.6 Å². The molecule has 0 bridgehead atoms. The number of hydrogen-bond acceptors (Lipinski definition) is 3. The molecule has 5 nitrogen and oxygen atoms in total. The standard InChI is InChI=1S/C5H13N3O2/c1-4(9)3-8(6)5(10)7-2/h4,9H,3,6H2,1-2H3,(H,7,10). The highest BCUT2D eigenvalue weighted by Gasteiger charge is 2.07. The molecule has 2 amide bonds. The monoisotopic (exact) mass is 147 g/mol. The van der Waals surface area contributed by atoms with Crippen molar-refractivity contribution in [3.8, 4) is 0 Å². The van der Waals surface area contributed by atoms with Crippen LogP contribution in [-0.4, -0.2) is 35.8 Å². The minimum atomic E-state index is -0.595. The summed E-state index contributed by atoms with van der Waals surface area (Å²) in [6.07, 6.45) is -0.595. The van der Waals surface area contributed by atoms with Gasteiger partial charge in [0.15, 0.2) is 0 Å². The number of hydrazine groups is 1. The van der Waals surface area contributed by atoms with E-state index in [1.54, 1.807) is 6.92 Å². The van der Waals surface area contributed by atoms with Gasteiger partial charge in [-0.1, -0.05) is 0 Å². The average molecular weight is 147 g/mol. The van der Waals surface area contributed by atoms with Gasteiger partial charge in [0.2, 0.25) is 0 Å². The Labute approximate surface area is 59.8 Å². The van der Waals surface area contributed by atoms with Crippen molar-refractivity contribution in [3.05, 3.63) is 0 Å². The molecule has 0 spiro atoms. The minimum Gasteiger partial charge on any atom is -0.392 e. The molecule has 10 heavy (non-hydrogen) atoms. The molecule has 0 aromatic heterocycles. The van der Waals surface area contributed by atoms with Crippen molar-refractivity contribution in [2.45, 2.75) is 13.0 Å². The fraction of sp³-hybridized carbons (Fsp3) is 0.800. The van der Waals surface area contributed by atoms with Crippen molar-refractivity contribution >= 4 is 6.03 Å². The van der Waals surface area contributed by atoms with E-state index in [2.05, 4.69) is 5.32 Å². The lowest BCUT2D eigenvalue weighted by Gasteiger charge is -2.16. The Bertz CT molecular complexity index is 115. The first-order chi connectivity index (χ1) is 4.57. The smallest absolute Gasteiger partial charge is 0.331 e. The summed E-state index contributed by atoms with van der Waals surface area (Å²) in [6, 6.07) is -0.402. The molecule has 0 saturated heterocycles. The zero-order valence-electron chi connectivity index (χ0n) is 6.16. The normalized spacial score (nSPS) is 12.4. The van der Waals surface area contributed by atoms with Crippen molar-refractivity contribution in [2.24, 2.45) is 5.84 Å². The lowest BCUT2D eigenvalue weighted by Crippen LogP contribution is -2.46. The summed E-state index contributed by atoms with van der Waals surface area (Å²) in [7, 11) is 1.48. The minimum absolute atomic E-state index is 0.139. The van der Waals surface area contributed by atoms with Gasteiger partial charge in [0, 0.05) is 7.05 Å². The number of aliphatic hydroxyl groups is 1. The quantitative estimate of drug-likeness (QED) is 0.263. The van der Waals surface area contributed by atoms with E-state index in [1.165, 1.54) is 7.05 Å². The van der Waals surface area contributed by atoms with Gasteiger partial charge in [0.1, 0.15) is 0 Å². The Morgan fingerprint density at radius 3 is 2.70 bits per heavy atom. The number of amides is 2. The van der Waals surface area contributed by atoms with E-state index in [0.29, 0.717) is 0 Å². The molecular weight excluding hydrogens is 134 g/mol. The van der Waals surface area contributed by atoms with E-state index in [-0.39, 0.29) is 6.54 Å². The third kappa shape index (κ3) is 3.26. The molecule has 1 unspecified atom stereocenters. The van der Waals surface area contributed by atoms with Crippen LogP contribution in [0.5, 0.6) is 0 Å². The highest BCUT2D eigenvalue weighted by molar-refractivity contribution is 5.73. The fourth-order valence-electron chi connectivity index (χ4n) is 0.511. The van der Waals surface area contributed by atoms with Crippen LogP contribution in [-0.2, 0) is 0 Å². The summed E-state index contributed by atoms with van der Waals surface area (Å²) >= 11 is 0. The van der Waals surface area contributed by atoms with Crippen molar-refractivity contribution in [1.82, 2.24) is 10.3 Å². The molecule has 1 atom stereocenters. The Hall–Kier alpha value is -0.810. The topological polar surface area (TPSA) is 78.6 Å². The number of hydrogen-bond donors (Lipinski definition) is 3. The number of nitrogens with one attached hydrogen (secondary N) is 1. The van der Waals surface area contributed by atoms with Gasteiger partial charge in [0.05, 0.1) is 12.6 Å². The Morgan fingerprint density at radius 1 is 1.90 bits per heavy atom. The maximum atomic E-state index is 10.6. The fourth-order valence-corrected chi connectivity index (χ4v) is 0.511. The van der Waals surface area contributed by atoms with Gasteiger partial charge >= 0.3 is 6.03 Å². The molecule has 0 rings (SSSR count). The molecule has 0 radical (unpaired) electrons. The molecule has 0 fully saturated rings. The van der Waals surface area contributed by atoms with Crippen LogP contribution in [0.25, 0.3) is 0 Å². The van der Waals surface area contributed by atoms with Crippen LogP contribution in [0.4, 0.5) is 4.79 Å². The van der Waals surface area contributed by atoms with Crippen LogP contribution in [0.15, 0.2) is 0 Å². The largest absolute Gasteiger partial charge is 0.392 e. The molecular formula is C5H13N3O2. The molecule has 0 aromatic rings. The molecule has 0 aliphatic rings. The van der Waals surface area contributed by atoms with Crippen LogP contribution in [0.2, 0.25) is 0 Å². The SMILES string of the molecule is CNC(=O)N(N)CC(C)O. The number of nitrogens with zero attached hydrogens (tertiary/aromatic N) is 1. The lowest BCUT2D eigenvalue weighted by atomic mass is 10.4. The Morgan fingerprint density at radius 2 is 2.40 bits per heavy atom. The first-order valence-electron chi connectivity index (χ1n) is 3.00. The summed E-state index contributed by atoms with van der Waals surface area (Å²) in [5.74, 6) is 5.19. The van der Waals surface area contributed by atoms with Crippen LogP contribution in [0, 0.1) is 0 Å². The maximum absolute atomic E-state index is 10.6. The van der Waals surface area contributed by atoms with E-state index in [4.69, 9.17) is 10.9 Å². The summed E-state index contributed by atoms with van der Waals surface area (Å²) in [6.45, 7) is 1.70. The van der Waals surface area contributed by atoms with Crippen LogP contribution in [0.1, 0.15) is 6.92 Å². The molecule has 5 heteroatoms. The summed E-state index contributed by atoms with van der Waals surface area (Å²) in [5, 5.41) is 12.0. The van der Waals surface area contributed by atoms with Crippen molar-refractivity contribution < 1.29 is 9.90 Å². The van der Waals surface area contributed by atoms with Crippen LogP contribution >= 0.6 is 0 Å². The van der Waals surface area contributed by atoms with Gasteiger partial charge in [-0.3, -0.25) is 5.01 Å². The number of aliphatic hydroxyl groups excluding tert-OH is 1. The molecule has 0 aromatic carbocycles. The molecule has 0 aliphatic heterocycles. The molecule has 60 valence electrons. The van der Waals surface area contributed by atoms with Gasteiger partial charge < -0.3 is 10.4 Å². The van der Waals surface area contributed by atoms with Crippen LogP contribution < -0.4 is 11.2 Å². The second-order valence-corrected chi connectivity index (χ2v) is 2.06. The molecule has 0 aliphatic carbocycles. The van der Waals surface area contributed by atoms with Crippen LogP contribution in [0.3, 0.4) is 0 Å². The third-order valence-electron chi connectivity index (χ3n) is 0.936. The van der Waals surface area contributed by atoms with Gasteiger partial charge in [-0.2, -0.15) is 0 Å². The first kappa shape index (κ1) is 9.19. The third-order valence-corrected chi connectivity index (χ3v) is 0.936. The highest BCUT2D eigenvalue weighted by atomic mass is 16.3. The van der Waals surface area contributed by atoms with E-state index >= 15 is 0 Å². The predicted octanol–water partition coefficient (Wildman–Crippen LogP) is -1.12. The van der Waals surface area contributed by atoms with Crippen molar-refractivity contribution in [3.63, 3.8) is 0 Å². The van der Waals surface area contributed by atoms with Gasteiger partial charge in [0.25, 0.3) is 0 Å². The second-order valence-electron chi connectivity index (χ2n) is 2.06. The number of nitrogens with two attached hydrogens (primary N) is 1. The summed E-state index contributed by atoms with van der Waals surface area (Å²) in [4.78, 5) is 10.6. The molecule has 0 saturated carbocycles. The second kappa shape index (κ2) is 4.08. The van der Waals surface area contributed by atoms with E-state index in [1.807, 2.05) is 0 Å². The van der Waals surface area contributed by atoms with Gasteiger partial charge in [-0.15, -0.1) is 0 Å². The Kier molecular flexibility index (Phi) is 3.75. The van der Waals surface area contributed by atoms with E-state index in [0.717, 1.165) is 5.01 Å². The highest BCUT2D eigenvalue weighted by Crippen LogP contribution is 1.84. The number of rotatable bonds is 2. The number of urea groups is 1.